The summed E-state index contributed by atoms with van der Waals surface area (Å²) in [7, 11) is 0. The molecule has 192 valence electrons. The number of carboxylic acids is 1. The first-order valence-corrected chi connectivity index (χ1v) is 12.2. The van der Waals surface area contributed by atoms with E-state index >= 15 is 0 Å². The van der Waals surface area contributed by atoms with Gasteiger partial charge in [-0.2, -0.15) is 0 Å². The van der Waals surface area contributed by atoms with Gasteiger partial charge in [0.15, 0.2) is 11.5 Å². The second-order valence-electron chi connectivity index (χ2n) is 9.03. The maximum Gasteiger partial charge on any atom is 1.00 e. The molecule has 2 aliphatic heterocycles. The normalized spacial score (nSPS) is 21.9. The fraction of sp³-hybridized carbons (Fsp3) is 0.185. The van der Waals surface area contributed by atoms with Crippen LogP contribution in [0.4, 0.5) is 5.69 Å². The number of hydrogen-bond donors (Lipinski definition) is 1. The third-order valence-electron chi connectivity index (χ3n) is 7.00. The molecule has 0 saturated carbocycles. The number of ketones is 2. The smallest absolute Gasteiger partial charge is 0.550 e. The van der Waals surface area contributed by atoms with Crippen molar-refractivity contribution in [3.8, 4) is 11.5 Å². The molecule has 1 spiro atoms. The molecule has 0 radical (unpaired) electrons. The standard InChI is InChI=1S/C27H17Cl2NO8.Na/c28-16-7-5-12(9-17(16)29)22-20(25(33)30-13-6-8-18-19(10-13)37-11-36-18)21(26(34)35)27(38-22)23(31)14-3-1-2-4-15(14)24(27)32;/h1-10,20-22H,11H2,(H,30,33)(H,34,35);/q;+1/p-1/t20-,21-,22-;/m0./s1. The van der Waals surface area contributed by atoms with Crippen molar-refractivity contribution in [3.63, 3.8) is 0 Å². The van der Waals surface area contributed by atoms with E-state index in [-0.39, 0.29) is 68.8 Å². The first-order valence-electron chi connectivity index (χ1n) is 11.4. The number of carboxylic acid groups (broad SMARTS) is 1. The van der Waals surface area contributed by atoms with Gasteiger partial charge in [-0.15, -0.1) is 0 Å². The van der Waals surface area contributed by atoms with Crippen LogP contribution in [0.25, 0.3) is 0 Å². The number of Topliss-reactive ketones (excluding diaryl/α,β-unsaturated/α-hetero) is 2. The third-order valence-corrected chi connectivity index (χ3v) is 7.74. The largest absolute Gasteiger partial charge is 1.00 e. The Bertz CT molecular complexity index is 1530. The van der Waals surface area contributed by atoms with Gasteiger partial charge in [-0.3, -0.25) is 14.4 Å². The fourth-order valence-electron chi connectivity index (χ4n) is 5.31. The number of carbonyl (C=O) groups excluding carboxylic acids is 4. The summed E-state index contributed by atoms with van der Waals surface area (Å²) in [6.45, 7) is 0.0165. The summed E-state index contributed by atoms with van der Waals surface area (Å²) in [6.07, 6.45) is -1.36. The summed E-state index contributed by atoms with van der Waals surface area (Å²) >= 11 is 12.3. The average Bonchev–Trinajstić information content (AvgIpc) is 3.57. The molecule has 0 bridgehead atoms. The molecule has 3 aromatic rings. The molecule has 9 nitrogen and oxygen atoms in total. The Labute approximate surface area is 253 Å². The Kier molecular flexibility index (Phi) is 7.26. The summed E-state index contributed by atoms with van der Waals surface area (Å²) in [4.78, 5) is 53.7. The number of aliphatic carboxylic acids is 1. The van der Waals surface area contributed by atoms with E-state index < -0.39 is 47.0 Å². The van der Waals surface area contributed by atoms with Crippen LogP contribution >= 0.6 is 23.2 Å². The number of anilines is 1. The quantitative estimate of drug-likeness (QED) is 0.346. The molecule has 2 heterocycles. The number of rotatable bonds is 4. The Morgan fingerprint density at radius 1 is 0.897 bits per heavy atom. The minimum Gasteiger partial charge on any atom is -0.550 e. The minimum atomic E-state index is -2.50. The Morgan fingerprint density at radius 2 is 1.56 bits per heavy atom. The van der Waals surface area contributed by atoms with Crippen LogP contribution in [0.1, 0.15) is 32.4 Å². The second kappa shape index (κ2) is 10.2. The monoisotopic (exact) mass is 575 g/mol. The van der Waals surface area contributed by atoms with Crippen LogP contribution in [0.3, 0.4) is 0 Å². The van der Waals surface area contributed by atoms with E-state index in [2.05, 4.69) is 5.32 Å². The van der Waals surface area contributed by atoms with Crippen molar-refractivity contribution in [1.29, 1.82) is 0 Å². The zero-order valence-electron chi connectivity index (χ0n) is 20.2. The molecule has 6 rings (SSSR count). The number of halogens is 2. The van der Waals surface area contributed by atoms with E-state index in [1.807, 2.05) is 0 Å². The predicted octanol–water partition coefficient (Wildman–Crippen LogP) is 0.236. The van der Waals surface area contributed by atoms with Crippen LogP contribution < -0.4 is 49.5 Å². The number of nitrogens with one attached hydrogen (secondary N) is 1. The third kappa shape index (κ3) is 4.25. The van der Waals surface area contributed by atoms with Crippen LogP contribution in [-0.4, -0.2) is 35.8 Å². The number of hydrogen-bond acceptors (Lipinski definition) is 8. The molecule has 0 aromatic heterocycles. The average molecular weight is 576 g/mol. The first-order chi connectivity index (χ1) is 18.2. The summed E-state index contributed by atoms with van der Waals surface area (Å²) in [5.74, 6) is -6.96. The molecule has 1 fully saturated rings. The van der Waals surface area contributed by atoms with E-state index in [4.69, 9.17) is 37.4 Å². The van der Waals surface area contributed by atoms with E-state index in [1.54, 1.807) is 24.3 Å². The van der Waals surface area contributed by atoms with E-state index in [0.717, 1.165) is 0 Å². The van der Waals surface area contributed by atoms with Gasteiger partial charge in [-0.25, -0.2) is 0 Å². The van der Waals surface area contributed by atoms with Crippen molar-refractivity contribution in [2.45, 2.75) is 11.7 Å². The Balaban J connectivity index is 0.00000308. The van der Waals surface area contributed by atoms with Gasteiger partial charge >= 0.3 is 29.6 Å². The van der Waals surface area contributed by atoms with Crippen molar-refractivity contribution in [2.24, 2.45) is 11.8 Å². The SMILES string of the molecule is O=C(Nc1ccc2c(c1)OCO2)[C@H]1[C@@H](C(=O)[O-])C2(O[C@H]1c1ccc(Cl)c(Cl)c1)C(=O)c1ccccc1C2=O.[Na+]. The molecular weight excluding hydrogens is 560 g/mol. The number of ether oxygens (including phenoxy) is 3. The van der Waals surface area contributed by atoms with Crippen LogP contribution in [0, 0.1) is 11.8 Å². The number of carbonyl (C=O) groups is 4. The molecule has 3 atom stereocenters. The zero-order chi connectivity index (χ0) is 26.8. The molecular formula is C27H16Cl2NNaO8. The van der Waals surface area contributed by atoms with Crippen molar-refractivity contribution < 1.29 is 68.1 Å². The Morgan fingerprint density at radius 3 is 2.21 bits per heavy atom. The van der Waals surface area contributed by atoms with Crippen molar-refractivity contribution in [1.82, 2.24) is 0 Å². The van der Waals surface area contributed by atoms with Crippen LogP contribution in [-0.2, 0) is 14.3 Å². The topological polar surface area (TPSA) is 131 Å². The Hall–Kier alpha value is -2.92. The second-order valence-corrected chi connectivity index (χ2v) is 9.85. The zero-order valence-corrected chi connectivity index (χ0v) is 23.7. The molecule has 39 heavy (non-hydrogen) atoms. The van der Waals surface area contributed by atoms with E-state index in [0.29, 0.717) is 11.5 Å². The van der Waals surface area contributed by atoms with Gasteiger partial charge in [0, 0.05) is 28.8 Å². The van der Waals surface area contributed by atoms with E-state index in [9.17, 15) is 24.3 Å². The van der Waals surface area contributed by atoms with Crippen LogP contribution in [0.5, 0.6) is 11.5 Å². The number of benzene rings is 3. The minimum absolute atomic E-state index is 0. The van der Waals surface area contributed by atoms with Crippen molar-refractivity contribution >= 4 is 52.3 Å². The molecule has 0 unspecified atom stereocenters. The van der Waals surface area contributed by atoms with E-state index in [1.165, 1.54) is 36.4 Å². The van der Waals surface area contributed by atoms with Crippen LogP contribution in [0.2, 0.25) is 10.0 Å². The maximum absolute atomic E-state index is 13.8. The molecule has 1 N–H and O–H groups in total. The summed E-state index contributed by atoms with van der Waals surface area (Å²) in [5, 5.41) is 15.6. The predicted molar refractivity (Wildman–Crippen MR) is 131 cm³/mol. The van der Waals surface area contributed by atoms with Gasteiger partial charge in [0.2, 0.25) is 29.9 Å². The van der Waals surface area contributed by atoms with Crippen molar-refractivity contribution in [2.75, 3.05) is 12.1 Å². The van der Waals surface area contributed by atoms with Gasteiger partial charge < -0.3 is 29.4 Å². The van der Waals surface area contributed by atoms with Crippen LogP contribution in [0.15, 0.2) is 60.7 Å². The molecule has 1 saturated heterocycles. The van der Waals surface area contributed by atoms with Gasteiger partial charge in [0.25, 0.3) is 0 Å². The van der Waals surface area contributed by atoms with Gasteiger partial charge in [-0.1, -0.05) is 53.5 Å². The maximum atomic E-state index is 13.8. The summed E-state index contributed by atoms with van der Waals surface area (Å²) in [5.41, 5.74) is -1.96. The molecule has 1 amide bonds. The molecule has 3 aliphatic rings. The molecule has 1 aliphatic carbocycles. The molecule has 12 heteroatoms. The van der Waals surface area contributed by atoms with Crippen molar-refractivity contribution in [3.05, 3.63) is 87.4 Å². The number of fused-ring (bicyclic) bond motifs is 2. The summed E-state index contributed by atoms with van der Waals surface area (Å²) in [6, 6.07) is 14.9. The first kappa shape index (κ1) is 27.6. The summed E-state index contributed by atoms with van der Waals surface area (Å²) < 4.78 is 16.7. The molecule has 3 aromatic carbocycles. The van der Waals surface area contributed by atoms with Gasteiger partial charge in [-0.05, 0) is 29.8 Å². The number of amides is 1. The van der Waals surface area contributed by atoms with Gasteiger partial charge in [0.05, 0.1) is 28.0 Å². The fourth-order valence-corrected chi connectivity index (χ4v) is 5.62. The van der Waals surface area contributed by atoms with Gasteiger partial charge in [0.1, 0.15) is 0 Å².